The molecule has 0 spiro atoms. The molecule has 37 heteroatoms. The van der Waals surface area contributed by atoms with Crippen LogP contribution < -0.4 is 128 Å². The summed E-state index contributed by atoms with van der Waals surface area (Å²) in [7, 11) is -24.8. The fraction of sp³-hybridized carbons (Fsp3) is 0.0909. The summed E-state index contributed by atoms with van der Waals surface area (Å²) in [6.07, 6.45) is 0. The molecule has 0 unspecified atom stereocenters. The molecule has 5 N–H and O–H groups in total. The molecule has 70 heavy (non-hydrogen) atoms. The maximum atomic E-state index is 12.4. The van der Waals surface area contributed by atoms with Gasteiger partial charge in [0, 0.05) is 46.3 Å². The van der Waals surface area contributed by atoms with Crippen LogP contribution in [0.3, 0.4) is 0 Å². The van der Waals surface area contributed by atoms with E-state index in [0.717, 1.165) is 24.3 Å². The fourth-order valence-electron chi connectivity index (χ4n) is 4.69. The molecule has 5 rings (SSSR count). The Morgan fingerprint density at radius 1 is 0.671 bits per heavy atom. The second-order valence-corrected chi connectivity index (χ2v) is 19.2. The Hall–Kier alpha value is -1.55. The van der Waals surface area contributed by atoms with Crippen molar-refractivity contribution in [1.82, 2.24) is 0 Å². The van der Waals surface area contributed by atoms with Crippen LogP contribution in [0.5, 0.6) is 17.2 Å². The molecule has 5 aromatic rings. The Bertz CT molecular complexity index is 3280. The van der Waals surface area contributed by atoms with Gasteiger partial charge in [-0.25, -0.2) is 42.1 Å². The van der Waals surface area contributed by atoms with E-state index in [9.17, 15) is 40.0 Å². The van der Waals surface area contributed by atoms with Crippen molar-refractivity contribution in [3.63, 3.8) is 0 Å². The molecule has 0 aromatic heterocycles. The zero-order valence-electron chi connectivity index (χ0n) is 36.6. The van der Waals surface area contributed by atoms with Gasteiger partial charge in [-0.15, -0.1) is 17.7 Å². The van der Waals surface area contributed by atoms with E-state index in [2.05, 4.69) is 45.7 Å². The summed E-state index contributed by atoms with van der Waals surface area (Å²) in [6.45, 7) is 6.71. The Morgan fingerprint density at radius 2 is 1.17 bits per heavy atom. The number of methoxy groups -OCH3 is 1. The van der Waals surface area contributed by atoms with Crippen LogP contribution in [0.1, 0.15) is 0 Å². The third kappa shape index (κ3) is 25.6. The van der Waals surface area contributed by atoms with Gasteiger partial charge in [0.2, 0.25) is 20.8 Å². The van der Waals surface area contributed by atoms with Crippen molar-refractivity contribution < 1.29 is 228 Å². The molecule has 0 bridgehead atoms. The SMILES string of the molecule is O=S(=O)([O-])O.O=S(=O)([O-])O.O=S(=O)=O.[CH2-]CS(=O)(=O)c1ccc(N=Nc2c(Nc3ccccc3)ccc3c(O)c(N=Nc4cc(OC)c(S(=O)(=O)C[CH2-])cc4O)[c-]cc23)c(S(=O)(=O)[O-])c1.[Cu].[Na+].[Na+].[Na+].[Na+]. The van der Waals surface area contributed by atoms with Crippen molar-refractivity contribution in [3.05, 3.63) is 98.8 Å². The van der Waals surface area contributed by atoms with Gasteiger partial charge in [-0.3, -0.25) is 9.11 Å². The molecule has 0 amide bonds. The summed E-state index contributed by atoms with van der Waals surface area (Å²) in [5, 5.41) is 41.4. The van der Waals surface area contributed by atoms with Gasteiger partial charge in [-0.1, -0.05) is 46.5 Å². The van der Waals surface area contributed by atoms with Gasteiger partial charge in [0.05, 0.1) is 28.3 Å². The minimum absolute atomic E-state index is 0. The van der Waals surface area contributed by atoms with E-state index in [4.69, 9.17) is 52.4 Å². The first-order valence-corrected chi connectivity index (χ1v) is 24.8. The quantitative estimate of drug-likeness (QED) is 0.0255. The van der Waals surface area contributed by atoms with Crippen LogP contribution in [0.15, 0.2) is 114 Å². The number of anilines is 2. The average Bonchev–Trinajstić information content (AvgIpc) is 3.19. The normalized spacial score (nSPS) is 11.1. The van der Waals surface area contributed by atoms with E-state index < -0.39 is 99.7 Å². The van der Waals surface area contributed by atoms with Crippen molar-refractivity contribution in [2.75, 3.05) is 23.9 Å². The number of rotatable bonds is 12. The van der Waals surface area contributed by atoms with Gasteiger partial charge >= 0.3 is 129 Å². The molecule has 0 saturated carbocycles. The number of nitrogens with one attached hydrogen (secondary N) is 1. The van der Waals surface area contributed by atoms with E-state index >= 15 is 0 Å². The Balaban J connectivity index is -0.00000101. The van der Waals surface area contributed by atoms with Gasteiger partial charge < -0.3 is 47.8 Å². The Labute approximate surface area is 502 Å². The summed E-state index contributed by atoms with van der Waals surface area (Å²) in [5.41, 5.74) is 0.193. The maximum Gasteiger partial charge on any atom is 1.00 e. The molecule has 0 aliphatic rings. The van der Waals surface area contributed by atoms with Crippen LogP contribution in [0.4, 0.5) is 34.1 Å². The molecular weight excluding hydrogens is 1150 g/mol. The number of aromatic hydroxyl groups is 2. The first kappa shape index (κ1) is 75.0. The molecule has 0 aliphatic carbocycles. The third-order valence-electron chi connectivity index (χ3n) is 7.31. The smallest absolute Gasteiger partial charge is 0.744 e. The first-order chi connectivity index (χ1) is 29.8. The maximum absolute atomic E-state index is 12.4. The largest absolute Gasteiger partial charge is 1.00 e. The van der Waals surface area contributed by atoms with Crippen LogP contribution in [-0.2, 0) is 78.3 Å². The number of sulfone groups is 2. The molecule has 0 aliphatic heterocycles. The van der Waals surface area contributed by atoms with E-state index in [-0.39, 0.29) is 174 Å². The van der Waals surface area contributed by atoms with Crippen LogP contribution >= 0.6 is 0 Å². The van der Waals surface area contributed by atoms with Crippen LogP contribution in [0.25, 0.3) is 10.8 Å². The topological polar surface area (TPSA) is 443 Å². The minimum Gasteiger partial charge on any atom is -0.744 e. The summed E-state index contributed by atoms with van der Waals surface area (Å²) in [5.74, 6) is -2.16. The molecule has 1 radical (unpaired) electrons. The molecule has 0 heterocycles. The number of hydrogen-bond donors (Lipinski definition) is 5. The summed E-state index contributed by atoms with van der Waals surface area (Å²) >= 11 is 0. The monoisotopic (exact) mass is 1180 g/mol. The van der Waals surface area contributed by atoms with Crippen LogP contribution in [0.2, 0.25) is 0 Å². The van der Waals surface area contributed by atoms with E-state index in [1.165, 1.54) is 25.3 Å². The molecule has 26 nitrogen and oxygen atoms in total. The van der Waals surface area contributed by atoms with Crippen LogP contribution in [-0.4, -0.2) is 106 Å². The zero-order valence-corrected chi connectivity index (χ0v) is 50.4. The number of benzene rings is 5. The molecular formula is C33H29CuN5Na4O21S6-2. The number of phenols is 2. The first-order valence-electron chi connectivity index (χ1n) is 16.4. The van der Waals surface area contributed by atoms with Crippen molar-refractivity contribution in [2.45, 2.75) is 14.7 Å². The zero-order chi connectivity index (χ0) is 49.7. The predicted octanol–water partition coefficient (Wildman–Crippen LogP) is -8.23. The second kappa shape index (κ2) is 32.7. The number of para-hydroxylation sites is 1. The molecule has 0 fully saturated rings. The molecule has 0 atom stereocenters. The van der Waals surface area contributed by atoms with E-state index in [0.29, 0.717) is 17.4 Å². The Morgan fingerprint density at radius 3 is 1.64 bits per heavy atom. The fourth-order valence-corrected chi connectivity index (χ4v) is 7.17. The van der Waals surface area contributed by atoms with Crippen molar-refractivity contribution in [1.29, 1.82) is 0 Å². The third-order valence-corrected chi connectivity index (χ3v) is 11.2. The van der Waals surface area contributed by atoms with Gasteiger partial charge in [0.25, 0.3) is 0 Å². The molecule has 5 aromatic carbocycles. The molecule has 0 saturated heterocycles. The average molecular weight is 1180 g/mol. The molecule has 365 valence electrons. The number of hydrogen-bond acceptors (Lipinski definition) is 24. The van der Waals surface area contributed by atoms with Gasteiger partial charge in [-0.05, 0) is 36.4 Å². The van der Waals surface area contributed by atoms with Crippen molar-refractivity contribution in [3.8, 4) is 17.2 Å². The van der Waals surface area contributed by atoms with Crippen LogP contribution in [0, 0.1) is 19.9 Å². The Kier molecular flexibility index (Phi) is 35.0. The summed E-state index contributed by atoms with van der Waals surface area (Å²) in [6, 6.07) is 21.0. The number of ether oxygens (including phenoxy) is 1. The number of phenolic OH excluding ortho intramolecular Hbond substituents is 2. The van der Waals surface area contributed by atoms with Crippen molar-refractivity contribution >= 4 is 106 Å². The van der Waals surface area contributed by atoms with Gasteiger partial charge in [0.15, 0.2) is 19.7 Å². The number of fused-ring (bicyclic) bond motifs is 1. The number of nitrogens with zero attached hydrogens (tertiary/aromatic N) is 4. The predicted molar refractivity (Wildman–Crippen MR) is 221 cm³/mol. The standard InChI is InChI=1S/C33H28N5O10S3.Cu.4Na.2H2O4S.O3S/c1-4-49(41,42)21-11-14-24(30(17-21)51(45,46)47)35-38-32-22-12-16-26(33(40)23(22)13-15-25(32)34-20-9-7-6-8-10-20)36-37-27-18-29(48-3)31(19-28(27)39)50(43,44)5-2;;;;;;2*1-5(2,3)4;1-4(2)3/h6-15,17-19,34,39-40H,1-2,4-5H2,3H3,(H,45,46,47);;;;;;2*(H2,1,2,3,4);/q-3;;4*+1;;;/p-3. The summed E-state index contributed by atoms with van der Waals surface area (Å²) < 4.78 is 182. The van der Waals surface area contributed by atoms with Gasteiger partial charge in [-0.2, -0.15) is 27.5 Å². The van der Waals surface area contributed by atoms with Gasteiger partial charge in [0.1, 0.15) is 37.9 Å². The van der Waals surface area contributed by atoms with E-state index in [1.54, 1.807) is 30.3 Å². The van der Waals surface area contributed by atoms with Crippen molar-refractivity contribution in [2.24, 2.45) is 20.5 Å². The number of azo groups is 2. The van der Waals surface area contributed by atoms with E-state index in [1.807, 2.05) is 0 Å². The summed E-state index contributed by atoms with van der Waals surface area (Å²) in [4.78, 5) is -1.65. The second-order valence-electron chi connectivity index (χ2n) is 11.6. The minimum atomic E-state index is -5.22.